The molecule has 6 nitrogen and oxygen atoms in total. The Bertz CT molecular complexity index is 915. The molecule has 0 aliphatic heterocycles. The van der Waals surface area contributed by atoms with E-state index in [1.807, 2.05) is 19.9 Å². The van der Waals surface area contributed by atoms with Crippen molar-refractivity contribution in [2.45, 2.75) is 38.2 Å². The van der Waals surface area contributed by atoms with Crippen molar-refractivity contribution >= 4 is 33.2 Å². The third kappa shape index (κ3) is 6.73. The van der Waals surface area contributed by atoms with Gasteiger partial charge < -0.3 is 10.1 Å². The standard InChI is InChI=1S/C21H27ClN2O4S/c1-16(2)28-14-6-13-23-21(25)15-24(20-8-5-4-7-17(20)3)29(26,27)19-11-9-18(22)10-12-19/h4-5,7-12,16H,6,13-15H2,1-3H3,(H,23,25). The number of para-hydroxylation sites is 1. The minimum atomic E-state index is -3.95. The largest absolute Gasteiger partial charge is 0.379 e. The van der Waals surface area contributed by atoms with Crippen LogP contribution >= 0.6 is 11.6 Å². The molecule has 0 bridgehead atoms. The summed E-state index contributed by atoms with van der Waals surface area (Å²) in [5.41, 5.74) is 1.21. The van der Waals surface area contributed by atoms with Crippen molar-refractivity contribution in [1.29, 1.82) is 0 Å². The third-order valence-corrected chi connectivity index (χ3v) is 6.19. The topological polar surface area (TPSA) is 75.7 Å². The molecule has 29 heavy (non-hydrogen) atoms. The highest BCUT2D eigenvalue weighted by atomic mass is 35.5. The van der Waals surface area contributed by atoms with E-state index in [4.69, 9.17) is 16.3 Å². The second-order valence-corrected chi connectivity index (χ2v) is 9.17. The Balaban J connectivity index is 2.19. The summed E-state index contributed by atoms with van der Waals surface area (Å²) in [5.74, 6) is -0.379. The number of sulfonamides is 1. The second kappa shape index (κ2) is 10.6. The van der Waals surface area contributed by atoms with Gasteiger partial charge in [-0.25, -0.2) is 8.42 Å². The number of rotatable bonds is 10. The van der Waals surface area contributed by atoms with Crippen LogP contribution in [0.25, 0.3) is 0 Å². The summed E-state index contributed by atoms with van der Waals surface area (Å²) in [7, 11) is -3.95. The van der Waals surface area contributed by atoms with E-state index in [9.17, 15) is 13.2 Å². The van der Waals surface area contributed by atoms with E-state index in [0.29, 0.717) is 30.3 Å². The van der Waals surface area contributed by atoms with Crippen molar-refractivity contribution in [3.8, 4) is 0 Å². The monoisotopic (exact) mass is 438 g/mol. The molecule has 0 radical (unpaired) electrons. The Morgan fingerprint density at radius 3 is 2.41 bits per heavy atom. The number of carbonyl (C=O) groups is 1. The van der Waals surface area contributed by atoms with E-state index in [2.05, 4.69) is 5.32 Å². The molecule has 0 fully saturated rings. The first-order valence-electron chi connectivity index (χ1n) is 9.44. The maximum Gasteiger partial charge on any atom is 0.264 e. The first-order chi connectivity index (χ1) is 13.7. The average Bonchev–Trinajstić information content (AvgIpc) is 2.66. The molecule has 0 aliphatic rings. The van der Waals surface area contributed by atoms with E-state index >= 15 is 0 Å². The summed E-state index contributed by atoms with van der Waals surface area (Å²) in [6.07, 6.45) is 0.782. The van der Waals surface area contributed by atoms with Crippen LogP contribution in [0, 0.1) is 6.92 Å². The number of benzene rings is 2. The summed E-state index contributed by atoms with van der Waals surface area (Å²) < 4.78 is 33.1. The molecular weight excluding hydrogens is 412 g/mol. The molecule has 0 saturated heterocycles. The average molecular weight is 439 g/mol. The number of hydrogen-bond acceptors (Lipinski definition) is 4. The van der Waals surface area contributed by atoms with Gasteiger partial charge in [0.2, 0.25) is 5.91 Å². The lowest BCUT2D eigenvalue weighted by atomic mass is 10.2. The van der Waals surface area contributed by atoms with Gasteiger partial charge in [-0.3, -0.25) is 9.10 Å². The van der Waals surface area contributed by atoms with Crippen molar-refractivity contribution in [2.75, 3.05) is 24.0 Å². The van der Waals surface area contributed by atoms with Crippen LogP contribution < -0.4 is 9.62 Å². The number of ether oxygens (including phenoxy) is 1. The highest BCUT2D eigenvalue weighted by molar-refractivity contribution is 7.92. The number of hydrogen-bond donors (Lipinski definition) is 1. The van der Waals surface area contributed by atoms with Gasteiger partial charge in [0.1, 0.15) is 6.54 Å². The zero-order valence-electron chi connectivity index (χ0n) is 16.9. The molecule has 0 aromatic heterocycles. The summed E-state index contributed by atoms with van der Waals surface area (Å²) in [4.78, 5) is 12.6. The number of nitrogens with one attached hydrogen (secondary N) is 1. The van der Waals surface area contributed by atoms with Crippen LogP contribution in [-0.2, 0) is 19.6 Å². The number of aryl methyl sites for hydroxylation is 1. The highest BCUT2D eigenvalue weighted by Gasteiger charge is 2.28. The van der Waals surface area contributed by atoms with Crippen molar-refractivity contribution in [3.05, 3.63) is 59.1 Å². The minimum absolute atomic E-state index is 0.0725. The van der Waals surface area contributed by atoms with E-state index in [1.54, 1.807) is 25.1 Å². The lowest BCUT2D eigenvalue weighted by Crippen LogP contribution is -2.41. The Hall–Kier alpha value is -2.09. The normalized spacial score (nSPS) is 11.5. The number of amides is 1. The molecule has 0 aliphatic carbocycles. The molecule has 0 heterocycles. The molecule has 0 spiro atoms. The Morgan fingerprint density at radius 2 is 1.79 bits per heavy atom. The Kier molecular flexibility index (Phi) is 8.49. The zero-order valence-corrected chi connectivity index (χ0v) is 18.5. The van der Waals surface area contributed by atoms with Crippen molar-refractivity contribution in [3.63, 3.8) is 0 Å². The lowest BCUT2D eigenvalue weighted by Gasteiger charge is -2.25. The Morgan fingerprint density at radius 1 is 1.14 bits per heavy atom. The van der Waals surface area contributed by atoms with Crippen molar-refractivity contribution in [1.82, 2.24) is 5.32 Å². The van der Waals surface area contributed by atoms with E-state index < -0.39 is 10.0 Å². The smallest absolute Gasteiger partial charge is 0.264 e. The van der Waals surface area contributed by atoms with Crippen molar-refractivity contribution < 1.29 is 17.9 Å². The van der Waals surface area contributed by atoms with Crippen LogP contribution in [0.15, 0.2) is 53.4 Å². The van der Waals surface area contributed by atoms with Gasteiger partial charge in [-0.1, -0.05) is 29.8 Å². The number of nitrogens with zero attached hydrogens (tertiary/aromatic N) is 1. The van der Waals surface area contributed by atoms with Gasteiger partial charge in [0.15, 0.2) is 0 Å². The van der Waals surface area contributed by atoms with Crippen molar-refractivity contribution in [2.24, 2.45) is 0 Å². The summed E-state index contributed by atoms with van der Waals surface area (Å²) >= 11 is 5.89. The molecule has 0 saturated carbocycles. The number of anilines is 1. The quantitative estimate of drug-likeness (QED) is 0.573. The van der Waals surface area contributed by atoms with Gasteiger partial charge >= 0.3 is 0 Å². The van der Waals surface area contributed by atoms with Crippen LogP contribution in [0.5, 0.6) is 0 Å². The van der Waals surface area contributed by atoms with Gasteiger partial charge in [0.25, 0.3) is 10.0 Å². The maximum absolute atomic E-state index is 13.3. The van der Waals surface area contributed by atoms with Gasteiger partial charge in [0.05, 0.1) is 16.7 Å². The van der Waals surface area contributed by atoms with Crippen LogP contribution in [0.4, 0.5) is 5.69 Å². The van der Waals surface area contributed by atoms with E-state index in [0.717, 1.165) is 9.87 Å². The van der Waals surface area contributed by atoms with Gasteiger partial charge in [-0.05, 0) is 63.1 Å². The molecule has 0 unspecified atom stereocenters. The predicted molar refractivity (Wildman–Crippen MR) is 116 cm³/mol. The Labute approximate surface area is 177 Å². The fourth-order valence-corrected chi connectivity index (χ4v) is 4.29. The van der Waals surface area contributed by atoms with Crippen LogP contribution in [0.3, 0.4) is 0 Å². The fraction of sp³-hybridized carbons (Fsp3) is 0.381. The summed E-state index contributed by atoms with van der Waals surface area (Å²) in [6.45, 7) is 6.32. The molecule has 2 rings (SSSR count). The molecule has 1 N–H and O–H groups in total. The molecule has 8 heteroatoms. The first kappa shape index (κ1) is 23.2. The zero-order chi connectivity index (χ0) is 21.4. The molecule has 0 atom stereocenters. The SMILES string of the molecule is Cc1ccccc1N(CC(=O)NCCCOC(C)C)S(=O)(=O)c1ccc(Cl)cc1. The number of halogens is 1. The van der Waals surface area contributed by atoms with Gasteiger partial charge in [-0.15, -0.1) is 0 Å². The molecule has 1 amide bonds. The number of carbonyl (C=O) groups excluding carboxylic acids is 1. The summed E-state index contributed by atoms with van der Waals surface area (Å²) in [5, 5.41) is 3.20. The molecular formula is C21H27ClN2O4S. The predicted octanol–water partition coefficient (Wildman–Crippen LogP) is 3.78. The molecule has 2 aromatic carbocycles. The van der Waals surface area contributed by atoms with E-state index in [1.165, 1.54) is 24.3 Å². The van der Waals surface area contributed by atoms with Gasteiger partial charge in [0, 0.05) is 18.2 Å². The van der Waals surface area contributed by atoms with Crippen LogP contribution in [0.1, 0.15) is 25.8 Å². The molecule has 2 aromatic rings. The lowest BCUT2D eigenvalue weighted by molar-refractivity contribution is -0.119. The maximum atomic E-state index is 13.3. The summed E-state index contributed by atoms with van der Waals surface area (Å²) in [6, 6.07) is 13.0. The highest BCUT2D eigenvalue weighted by Crippen LogP contribution is 2.27. The minimum Gasteiger partial charge on any atom is -0.379 e. The third-order valence-electron chi connectivity index (χ3n) is 4.17. The van der Waals surface area contributed by atoms with E-state index in [-0.39, 0.29) is 23.5 Å². The first-order valence-corrected chi connectivity index (χ1v) is 11.3. The van der Waals surface area contributed by atoms with Gasteiger partial charge in [-0.2, -0.15) is 0 Å². The molecule has 158 valence electrons. The van der Waals surface area contributed by atoms with Crippen LogP contribution in [-0.4, -0.2) is 40.1 Å². The van der Waals surface area contributed by atoms with Crippen LogP contribution in [0.2, 0.25) is 5.02 Å². The fourth-order valence-electron chi connectivity index (χ4n) is 2.68. The second-order valence-electron chi connectivity index (χ2n) is 6.88.